The summed E-state index contributed by atoms with van der Waals surface area (Å²) in [6.45, 7) is 3.01. The van der Waals surface area contributed by atoms with E-state index >= 15 is 0 Å². The molecule has 0 bridgehead atoms. The van der Waals surface area contributed by atoms with Crippen molar-refractivity contribution in [3.8, 4) is 17.2 Å². The fraction of sp³-hybridized carbons (Fsp3) is 0.571. The molecule has 1 fully saturated rings. The van der Waals surface area contributed by atoms with Crippen LogP contribution in [0.1, 0.15) is 5.56 Å². The lowest BCUT2D eigenvalue weighted by molar-refractivity contribution is -0.895. The van der Waals surface area contributed by atoms with Crippen LogP contribution in [0.15, 0.2) is 12.1 Å². The van der Waals surface area contributed by atoms with Gasteiger partial charge in [0.15, 0.2) is 11.5 Å². The molecule has 1 aromatic carbocycles. The lowest BCUT2D eigenvalue weighted by Crippen LogP contribution is -2.54. The van der Waals surface area contributed by atoms with E-state index in [0.717, 1.165) is 18.7 Å². The molecule has 0 spiro atoms. The third-order valence-electron chi connectivity index (χ3n) is 3.64. The van der Waals surface area contributed by atoms with Crippen LogP contribution in [0.2, 0.25) is 0 Å². The second-order valence-electron chi connectivity index (χ2n) is 4.91. The molecule has 0 aromatic heterocycles. The number of ether oxygens (including phenoxy) is 3. The van der Waals surface area contributed by atoms with E-state index in [1.54, 1.807) is 21.3 Å². The summed E-state index contributed by atoms with van der Waals surface area (Å²) in [6, 6.07) is 3.69. The maximum absolute atomic E-state index is 12.7. The molecule has 8 heteroatoms. The van der Waals surface area contributed by atoms with Crippen molar-refractivity contribution in [1.82, 2.24) is 5.32 Å². The summed E-state index contributed by atoms with van der Waals surface area (Å²) in [5, 5.41) is 15.9. The molecular weight excluding hydrogens is 331 g/mol. The van der Waals surface area contributed by atoms with Gasteiger partial charge in [-0.05, 0) is 12.1 Å². The number of benzene rings is 1. The maximum atomic E-state index is 12.7. The maximum Gasteiger partial charge on any atom is 0.203 e. The lowest BCUT2D eigenvalue weighted by atomic mass is 10.1. The molecule has 1 N–H and O–H groups in total. The minimum absolute atomic E-state index is 0. The van der Waals surface area contributed by atoms with Crippen LogP contribution in [-0.2, 0) is 6.54 Å². The van der Waals surface area contributed by atoms with Gasteiger partial charge in [0.1, 0.15) is 6.54 Å². The van der Waals surface area contributed by atoms with Crippen molar-refractivity contribution in [3.05, 3.63) is 22.9 Å². The highest BCUT2D eigenvalue weighted by molar-refractivity contribution is 5.85. The average Bonchev–Trinajstić information content (AvgIpc) is 2.47. The molecular formula is C14H24Cl2N2O4. The van der Waals surface area contributed by atoms with Gasteiger partial charge in [0.2, 0.25) is 5.75 Å². The molecule has 0 radical (unpaired) electrons. The summed E-state index contributed by atoms with van der Waals surface area (Å²) in [4.78, 5) is 0. The topological polar surface area (TPSA) is 62.8 Å². The lowest BCUT2D eigenvalue weighted by Gasteiger charge is -2.45. The van der Waals surface area contributed by atoms with E-state index in [1.807, 2.05) is 12.1 Å². The number of halogens is 2. The number of hydrogen-bond acceptors (Lipinski definition) is 5. The highest BCUT2D eigenvalue weighted by Gasteiger charge is 2.25. The molecule has 0 amide bonds. The molecule has 1 heterocycles. The quantitative estimate of drug-likeness (QED) is 0.646. The number of nitrogens with zero attached hydrogens (tertiary/aromatic N) is 1. The van der Waals surface area contributed by atoms with Crippen molar-refractivity contribution >= 4 is 24.8 Å². The van der Waals surface area contributed by atoms with Gasteiger partial charge in [-0.1, -0.05) is 0 Å². The van der Waals surface area contributed by atoms with Crippen LogP contribution in [-0.4, -0.2) is 52.2 Å². The highest BCUT2D eigenvalue weighted by atomic mass is 35.5. The van der Waals surface area contributed by atoms with E-state index in [1.165, 1.54) is 0 Å². The van der Waals surface area contributed by atoms with Crippen molar-refractivity contribution in [2.75, 3.05) is 47.5 Å². The summed E-state index contributed by atoms with van der Waals surface area (Å²) in [5.41, 5.74) is 0.849. The Kier molecular flexibility index (Phi) is 8.88. The van der Waals surface area contributed by atoms with E-state index in [9.17, 15) is 5.21 Å². The summed E-state index contributed by atoms with van der Waals surface area (Å²) < 4.78 is 15.8. The Morgan fingerprint density at radius 3 is 2.09 bits per heavy atom. The smallest absolute Gasteiger partial charge is 0.203 e. The molecule has 22 heavy (non-hydrogen) atoms. The molecule has 1 aromatic rings. The second kappa shape index (κ2) is 9.27. The van der Waals surface area contributed by atoms with Crippen LogP contribution < -0.4 is 19.5 Å². The van der Waals surface area contributed by atoms with Gasteiger partial charge >= 0.3 is 0 Å². The zero-order valence-corrected chi connectivity index (χ0v) is 14.7. The predicted molar refractivity (Wildman–Crippen MR) is 90.5 cm³/mol. The van der Waals surface area contributed by atoms with E-state index < -0.39 is 0 Å². The molecule has 128 valence electrons. The number of quaternary nitrogens is 1. The summed E-state index contributed by atoms with van der Waals surface area (Å²) >= 11 is 0. The Morgan fingerprint density at radius 2 is 1.59 bits per heavy atom. The SMILES string of the molecule is COc1ccc(C[N+]2([O-])CCNCC2)c(OC)c1OC.Cl.Cl. The monoisotopic (exact) mass is 354 g/mol. The van der Waals surface area contributed by atoms with Gasteiger partial charge in [0.25, 0.3) is 0 Å². The molecule has 0 atom stereocenters. The van der Waals surface area contributed by atoms with Crippen molar-refractivity contribution < 1.29 is 18.9 Å². The Morgan fingerprint density at radius 1 is 1.00 bits per heavy atom. The van der Waals surface area contributed by atoms with Crippen LogP contribution in [0.25, 0.3) is 0 Å². The van der Waals surface area contributed by atoms with Gasteiger partial charge in [0, 0.05) is 13.1 Å². The number of nitrogens with one attached hydrogen (secondary N) is 1. The number of hydroxylamine groups is 3. The Bertz CT molecular complexity index is 468. The van der Waals surface area contributed by atoms with Gasteiger partial charge in [0.05, 0.1) is 40.0 Å². The molecule has 6 nitrogen and oxygen atoms in total. The molecule has 0 saturated carbocycles. The largest absolute Gasteiger partial charge is 0.632 e. The minimum atomic E-state index is -0.237. The minimum Gasteiger partial charge on any atom is -0.632 e. The average molecular weight is 355 g/mol. The second-order valence-corrected chi connectivity index (χ2v) is 4.91. The van der Waals surface area contributed by atoms with Crippen molar-refractivity contribution in [1.29, 1.82) is 0 Å². The Balaban J connectivity index is 0.00000220. The summed E-state index contributed by atoms with van der Waals surface area (Å²) in [5.74, 6) is 1.72. The van der Waals surface area contributed by atoms with E-state index in [4.69, 9.17) is 14.2 Å². The normalized spacial score (nSPS) is 16.0. The zero-order valence-electron chi connectivity index (χ0n) is 13.1. The first-order chi connectivity index (χ1) is 9.63. The van der Waals surface area contributed by atoms with E-state index in [0.29, 0.717) is 36.9 Å². The molecule has 0 aliphatic carbocycles. The molecule has 1 aliphatic rings. The van der Waals surface area contributed by atoms with Gasteiger partial charge in [-0.25, -0.2) is 0 Å². The standard InChI is InChI=1S/C14H22N2O4.2ClH/c1-18-12-5-4-11(13(19-2)14(12)20-3)10-16(17)8-6-15-7-9-16;;/h4-5,15H,6-10H2,1-3H3;2*1H. The number of methoxy groups -OCH3 is 3. The third-order valence-corrected chi connectivity index (χ3v) is 3.64. The van der Waals surface area contributed by atoms with Crippen LogP contribution in [0.3, 0.4) is 0 Å². The molecule has 1 aliphatic heterocycles. The number of hydrogen-bond donors (Lipinski definition) is 1. The van der Waals surface area contributed by atoms with Crippen LogP contribution in [0.5, 0.6) is 17.2 Å². The molecule has 0 unspecified atom stereocenters. The zero-order chi connectivity index (χ0) is 14.6. The van der Waals surface area contributed by atoms with Crippen LogP contribution in [0, 0.1) is 5.21 Å². The van der Waals surface area contributed by atoms with Crippen LogP contribution in [0.4, 0.5) is 0 Å². The fourth-order valence-corrected chi connectivity index (χ4v) is 2.56. The van der Waals surface area contributed by atoms with Crippen molar-refractivity contribution in [2.45, 2.75) is 6.54 Å². The van der Waals surface area contributed by atoms with E-state index in [-0.39, 0.29) is 29.5 Å². The fourth-order valence-electron chi connectivity index (χ4n) is 2.56. The predicted octanol–water partition coefficient (Wildman–Crippen LogP) is 1.97. The molecule has 2 rings (SSSR count). The number of rotatable bonds is 5. The van der Waals surface area contributed by atoms with E-state index in [2.05, 4.69) is 5.32 Å². The van der Waals surface area contributed by atoms with Crippen LogP contribution >= 0.6 is 24.8 Å². The highest BCUT2D eigenvalue weighted by Crippen LogP contribution is 2.40. The Labute approximate surface area is 143 Å². The Hall–Kier alpha value is -0.920. The van der Waals surface area contributed by atoms with Gasteiger partial charge in [-0.3, -0.25) is 0 Å². The molecule has 1 saturated heterocycles. The first-order valence-corrected chi connectivity index (χ1v) is 6.69. The third kappa shape index (κ3) is 4.54. The first kappa shape index (κ1) is 21.1. The summed E-state index contributed by atoms with van der Waals surface area (Å²) in [6.07, 6.45) is 0. The van der Waals surface area contributed by atoms with Crippen molar-refractivity contribution in [3.63, 3.8) is 0 Å². The first-order valence-electron chi connectivity index (χ1n) is 6.69. The van der Waals surface area contributed by atoms with Gasteiger partial charge in [-0.15, -0.1) is 24.8 Å². The van der Waals surface area contributed by atoms with Crippen molar-refractivity contribution in [2.24, 2.45) is 0 Å². The van der Waals surface area contributed by atoms with Gasteiger partial charge in [-0.2, -0.15) is 0 Å². The summed E-state index contributed by atoms with van der Waals surface area (Å²) in [7, 11) is 4.72. The number of piperazine rings is 1. The van der Waals surface area contributed by atoms with Gasteiger partial charge < -0.3 is 29.4 Å².